The second-order valence-electron chi connectivity index (χ2n) is 5.21. The van der Waals surface area contributed by atoms with Crippen molar-refractivity contribution < 1.29 is 9.84 Å². The number of ether oxygens (including phenoxy) is 1. The Morgan fingerprint density at radius 1 is 1.38 bits per heavy atom. The van der Waals surface area contributed by atoms with Crippen LogP contribution in [0.1, 0.15) is 11.1 Å². The normalized spacial score (nSPS) is 12.3. The number of aliphatic hydroxyl groups excluding tert-OH is 1. The van der Waals surface area contributed by atoms with Gasteiger partial charge in [-0.2, -0.15) is 5.10 Å². The molecule has 5 heteroatoms. The van der Waals surface area contributed by atoms with Crippen molar-refractivity contribution >= 4 is 0 Å². The van der Waals surface area contributed by atoms with Gasteiger partial charge in [0.25, 0.3) is 0 Å². The molecule has 1 aromatic carbocycles. The van der Waals surface area contributed by atoms with Crippen LogP contribution < -0.4 is 10.1 Å². The van der Waals surface area contributed by atoms with Crippen LogP contribution in [0.4, 0.5) is 0 Å². The summed E-state index contributed by atoms with van der Waals surface area (Å²) in [6.45, 7) is 6.38. The van der Waals surface area contributed by atoms with E-state index in [4.69, 9.17) is 4.74 Å². The van der Waals surface area contributed by atoms with Crippen molar-refractivity contribution in [1.29, 1.82) is 0 Å². The second kappa shape index (κ2) is 7.81. The van der Waals surface area contributed by atoms with Gasteiger partial charge in [0.2, 0.25) is 0 Å². The van der Waals surface area contributed by atoms with E-state index in [0.717, 1.165) is 30.0 Å². The zero-order chi connectivity index (χ0) is 15.1. The molecule has 5 nitrogen and oxygen atoms in total. The first-order valence-corrected chi connectivity index (χ1v) is 7.21. The minimum Gasteiger partial charge on any atom is -0.491 e. The third kappa shape index (κ3) is 5.21. The van der Waals surface area contributed by atoms with E-state index in [1.165, 1.54) is 0 Å². The van der Waals surface area contributed by atoms with Gasteiger partial charge in [-0.15, -0.1) is 0 Å². The number of nitrogens with one attached hydrogen (secondary N) is 1. The Morgan fingerprint density at radius 2 is 2.24 bits per heavy atom. The number of aromatic nitrogens is 2. The summed E-state index contributed by atoms with van der Waals surface area (Å²) in [5.41, 5.74) is 2.24. The smallest absolute Gasteiger partial charge is 0.122 e. The monoisotopic (exact) mass is 289 g/mol. The molecule has 1 aromatic heterocycles. The maximum Gasteiger partial charge on any atom is 0.122 e. The molecule has 2 aromatic rings. The molecule has 2 rings (SSSR count). The Hall–Kier alpha value is -1.85. The summed E-state index contributed by atoms with van der Waals surface area (Å²) in [6.07, 6.45) is 3.15. The highest BCUT2D eigenvalue weighted by atomic mass is 16.5. The Bertz CT molecular complexity index is 540. The summed E-state index contributed by atoms with van der Waals surface area (Å²) < 4.78 is 7.53. The predicted octanol–water partition coefficient (Wildman–Crippen LogP) is 1.53. The van der Waals surface area contributed by atoms with Crippen LogP contribution in [-0.2, 0) is 6.54 Å². The molecule has 0 saturated heterocycles. The van der Waals surface area contributed by atoms with Crippen molar-refractivity contribution in [3.8, 4) is 5.75 Å². The van der Waals surface area contributed by atoms with E-state index in [1.807, 2.05) is 42.9 Å². The fourth-order valence-electron chi connectivity index (χ4n) is 2.00. The van der Waals surface area contributed by atoms with Crippen molar-refractivity contribution in [1.82, 2.24) is 15.1 Å². The molecule has 0 spiro atoms. The first kappa shape index (κ1) is 15.5. The Morgan fingerprint density at radius 3 is 3.00 bits per heavy atom. The summed E-state index contributed by atoms with van der Waals surface area (Å²) in [4.78, 5) is 0. The Labute approximate surface area is 125 Å². The van der Waals surface area contributed by atoms with Gasteiger partial charge in [-0.1, -0.05) is 12.1 Å². The lowest BCUT2D eigenvalue weighted by molar-refractivity contribution is 0.106. The van der Waals surface area contributed by atoms with Crippen molar-refractivity contribution in [2.45, 2.75) is 26.5 Å². The van der Waals surface area contributed by atoms with E-state index in [2.05, 4.69) is 16.5 Å². The molecule has 2 N–H and O–H groups in total. The lowest BCUT2D eigenvalue weighted by atomic mass is 10.1. The largest absolute Gasteiger partial charge is 0.491 e. The molecule has 1 unspecified atom stereocenters. The average Bonchev–Trinajstić information content (AvgIpc) is 2.98. The number of aliphatic hydroxyl groups is 1. The second-order valence-corrected chi connectivity index (χ2v) is 5.21. The Balaban J connectivity index is 1.65. The fourth-order valence-corrected chi connectivity index (χ4v) is 2.00. The molecule has 0 aliphatic heterocycles. The molecule has 114 valence electrons. The van der Waals surface area contributed by atoms with Crippen LogP contribution in [0.2, 0.25) is 0 Å². The number of hydrogen-bond acceptors (Lipinski definition) is 4. The summed E-state index contributed by atoms with van der Waals surface area (Å²) in [7, 11) is 0. The molecule has 0 amide bonds. The van der Waals surface area contributed by atoms with Gasteiger partial charge in [0.05, 0.1) is 6.54 Å². The minimum atomic E-state index is -0.525. The molecular formula is C16H23N3O2. The van der Waals surface area contributed by atoms with Gasteiger partial charge in [-0.05, 0) is 37.1 Å². The van der Waals surface area contributed by atoms with Crippen molar-refractivity contribution in [2.24, 2.45) is 0 Å². The van der Waals surface area contributed by atoms with E-state index in [1.54, 1.807) is 6.20 Å². The van der Waals surface area contributed by atoms with E-state index in [9.17, 15) is 5.11 Å². The molecule has 21 heavy (non-hydrogen) atoms. The molecule has 0 fully saturated rings. The van der Waals surface area contributed by atoms with Gasteiger partial charge < -0.3 is 15.2 Å². The molecule has 1 atom stereocenters. The van der Waals surface area contributed by atoms with E-state index in [-0.39, 0.29) is 0 Å². The summed E-state index contributed by atoms with van der Waals surface area (Å²) in [5, 5.41) is 17.2. The lowest BCUT2D eigenvalue weighted by Gasteiger charge is -2.15. The highest BCUT2D eigenvalue weighted by molar-refractivity contribution is 5.35. The zero-order valence-electron chi connectivity index (χ0n) is 12.6. The van der Waals surface area contributed by atoms with Crippen LogP contribution in [0.5, 0.6) is 5.75 Å². The van der Waals surface area contributed by atoms with Crippen LogP contribution >= 0.6 is 0 Å². The van der Waals surface area contributed by atoms with E-state index >= 15 is 0 Å². The van der Waals surface area contributed by atoms with Crippen molar-refractivity contribution in [3.63, 3.8) is 0 Å². The van der Waals surface area contributed by atoms with Crippen LogP contribution in [0.15, 0.2) is 36.7 Å². The topological polar surface area (TPSA) is 59.3 Å². The lowest BCUT2D eigenvalue weighted by Crippen LogP contribution is -2.33. The summed E-state index contributed by atoms with van der Waals surface area (Å²) in [6, 6.07) is 7.97. The van der Waals surface area contributed by atoms with Gasteiger partial charge in [-0.25, -0.2) is 0 Å². The van der Waals surface area contributed by atoms with Crippen LogP contribution in [-0.4, -0.2) is 40.7 Å². The Kier molecular flexibility index (Phi) is 5.78. The maximum absolute atomic E-state index is 9.92. The number of aryl methyl sites for hydroxylation is 2. The van der Waals surface area contributed by atoms with Gasteiger partial charge in [-0.3, -0.25) is 4.68 Å². The highest BCUT2D eigenvalue weighted by Gasteiger charge is 2.06. The number of nitrogens with zero attached hydrogens (tertiary/aromatic N) is 2. The molecule has 0 bridgehead atoms. The zero-order valence-corrected chi connectivity index (χ0v) is 12.6. The van der Waals surface area contributed by atoms with Crippen LogP contribution in [0.25, 0.3) is 0 Å². The molecule has 1 heterocycles. The first-order valence-electron chi connectivity index (χ1n) is 7.21. The van der Waals surface area contributed by atoms with Crippen LogP contribution in [0.3, 0.4) is 0 Å². The highest BCUT2D eigenvalue weighted by Crippen LogP contribution is 2.19. The SMILES string of the molecule is Cc1ccc(C)c(OCC(O)CNCCn2cccn2)c1. The quantitative estimate of drug-likeness (QED) is 0.724. The number of rotatable bonds is 8. The summed E-state index contributed by atoms with van der Waals surface area (Å²) in [5.74, 6) is 0.839. The number of hydrogen-bond donors (Lipinski definition) is 2. The van der Waals surface area contributed by atoms with Gasteiger partial charge >= 0.3 is 0 Å². The average molecular weight is 289 g/mol. The molecule has 0 saturated carbocycles. The predicted molar refractivity (Wildman–Crippen MR) is 82.5 cm³/mol. The van der Waals surface area contributed by atoms with Crippen LogP contribution in [0, 0.1) is 13.8 Å². The van der Waals surface area contributed by atoms with E-state index in [0.29, 0.717) is 13.2 Å². The molecule has 0 aliphatic rings. The molecule has 0 radical (unpaired) electrons. The van der Waals surface area contributed by atoms with Gasteiger partial charge in [0, 0.05) is 25.5 Å². The third-order valence-electron chi connectivity index (χ3n) is 3.23. The van der Waals surface area contributed by atoms with Gasteiger partial charge in [0.15, 0.2) is 0 Å². The van der Waals surface area contributed by atoms with Crippen molar-refractivity contribution in [3.05, 3.63) is 47.8 Å². The summed E-state index contributed by atoms with van der Waals surface area (Å²) >= 11 is 0. The minimum absolute atomic E-state index is 0.291. The molecule has 0 aliphatic carbocycles. The van der Waals surface area contributed by atoms with E-state index < -0.39 is 6.10 Å². The number of benzene rings is 1. The standard InChI is InChI=1S/C16H23N3O2/c1-13-4-5-14(2)16(10-13)21-12-15(20)11-17-7-9-19-8-3-6-18-19/h3-6,8,10,15,17,20H,7,9,11-12H2,1-2H3. The fraction of sp³-hybridized carbons (Fsp3) is 0.438. The maximum atomic E-state index is 9.92. The first-order chi connectivity index (χ1) is 10.1. The van der Waals surface area contributed by atoms with Gasteiger partial charge in [0.1, 0.15) is 18.5 Å². The molecular weight excluding hydrogens is 266 g/mol. The third-order valence-corrected chi connectivity index (χ3v) is 3.23. The van der Waals surface area contributed by atoms with Crippen molar-refractivity contribution in [2.75, 3.05) is 19.7 Å².